The van der Waals surface area contributed by atoms with Gasteiger partial charge in [-0.3, -0.25) is 9.59 Å². The molecule has 1 aromatic carbocycles. The summed E-state index contributed by atoms with van der Waals surface area (Å²) in [7, 11) is 0. The van der Waals surface area contributed by atoms with Crippen LogP contribution >= 0.6 is 23.1 Å². The highest BCUT2D eigenvalue weighted by molar-refractivity contribution is 7.99. The van der Waals surface area contributed by atoms with Gasteiger partial charge in [0.1, 0.15) is 11.0 Å². The molecular weight excluding hydrogens is 354 g/mol. The third-order valence-corrected chi connectivity index (χ3v) is 5.85. The number of aromatic nitrogens is 1. The van der Waals surface area contributed by atoms with Crippen molar-refractivity contribution in [2.24, 2.45) is 5.92 Å². The molecule has 2 amide bonds. The van der Waals surface area contributed by atoms with Gasteiger partial charge >= 0.3 is 0 Å². The van der Waals surface area contributed by atoms with Crippen LogP contribution in [-0.4, -0.2) is 45.9 Å². The highest BCUT2D eigenvalue weighted by atomic mass is 32.2. The van der Waals surface area contributed by atoms with Gasteiger partial charge in [0, 0.05) is 18.4 Å². The molecule has 1 aliphatic heterocycles. The molecule has 1 saturated heterocycles. The lowest BCUT2D eigenvalue weighted by Crippen LogP contribution is -2.47. The maximum atomic E-state index is 12.5. The van der Waals surface area contributed by atoms with Gasteiger partial charge in [-0.15, -0.1) is 23.1 Å². The lowest BCUT2D eigenvalue weighted by molar-refractivity contribution is -0.134. The molecule has 0 spiro atoms. The van der Waals surface area contributed by atoms with Crippen LogP contribution in [0.2, 0.25) is 0 Å². The normalized spacial score (nSPS) is 17.7. The fourth-order valence-electron chi connectivity index (χ4n) is 2.50. The molecular formula is C18H21N3O2S2. The largest absolute Gasteiger partial charge is 0.354 e. The van der Waals surface area contributed by atoms with Gasteiger partial charge in [-0.1, -0.05) is 26.0 Å². The van der Waals surface area contributed by atoms with Crippen molar-refractivity contribution in [3.05, 3.63) is 35.3 Å². The second-order valence-corrected chi connectivity index (χ2v) is 8.38. The molecule has 0 radical (unpaired) electrons. The summed E-state index contributed by atoms with van der Waals surface area (Å²) in [6, 6.07) is 7.50. The second kappa shape index (κ2) is 8.01. The molecule has 1 fully saturated rings. The lowest BCUT2D eigenvalue weighted by Gasteiger charge is -2.22. The zero-order chi connectivity index (χ0) is 17.8. The number of hydrogen-bond acceptors (Lipinski definition) is 5. The molecule has 3 rings (SSSR count). The number of carbonyl (C=O) groups excluding carboxylic acids is 2. The maximum Gasteiger partial charge on any atom is 0.248 e. The minimum atomic E-state index is -0.392. The monoisotopic (exact) mass is 375 g/mol. The standard InChI is InChI=1S/C18H21N3O2S2/c1-12(2)9-19-18(23)14-10-24-11-21(14)17(22)8-7-16-20-13-5-3-4-6-15(13)25-16/h3-8,12,14H,9-11H2,1-2H3,(H,19,23). The molecule has 0 aliphatic carbocycles. The Hall–Kier alpha value is -1.86. The van der Waals surface area contributed by atoms with E-state index in [-0.39, 0.29) is 11.8 Å². The molecule has 2 aromatic rings. The highest BCUT2D eigenvalue weighted by Crippen LogP contribution is 2.24. The third kappa shape index (κ3) is 4.41. The molecule has 1 aromatic heterocycles. The number of amides is 2. The van der Waals surface area contributed by atoms with E-state index in [9.17, 15) is 9.59 Å². The van der Waals surface area contributed by atoms with Crippen LogP contribution < -0.4 is 5.32 Å². The SMILES string of the molecule is CC(C)CNC(=O)C1CSCN1C(=O)C=Cc1nc2ccccc2s1. The number of carbonyl (C=O) groups is 2. The van der Waals surface area contributed by atoms with Gasteiger partial charge in [0.15, 0.2) is 0 Å². The number of thioether (sulfide) groups is 1. The number of para-hydroxylation sites is 1. The van der Waals surface area contributed by atoms with Crippen LogP contribution in [0.3, 0.4) is 0 Å². The van der Waals surface area contributed by atoms with Crippen LogP contribution in [-0.2, 0) is 9.59 Å². The van der Waals surface area contributed by atoms with Gasteiger partial charge in [0.05, 0.1) is 16.1 Å². The molecule has 25 heavy (non-hydrogen) atoms. The molecule has 1 N–H and O–H groups in total. The van der Waals surface area contributed by atoms with E-state index in [2.05, 4.69) is 10.3 Å². The molecule has 5 nitrogen and oxygen atoms in total. The quantitative estimate of drug-likeness (QED) is 0.816. The number of rotatable bonds is 5. The summed E-state index contributed by atoms with van der Waals surface area (Å²) < 4.78 is 1.09. The fourth-order valence-corrected chi connectivity index (χ4v) is 4.53. The van der Waals surface area contributed by atoms with Gasteiger partial charge in [0.2, 0.25) is 11.8 Å². The van der Waals surface area contributed by atoms with E-state index >= 15 is 0 Å². The van der Waals surface area contributed by atoms with E-state index in [1.54, 1.807) is 34.1 Å². The first-order valence-corrected chi connectivity index (χ1v) is 10.2. The Bertz CT molecular complexity index is 767. The van der Waals surface area contributed by atoms with Gasteiger partial charge < -0.3 is 10.2 Å². The molecule has 132 valence electrons. The summed E-state index contributed by atoms with van der Waals surface area (Å²) in [5.74, 6) is 1.36. The average molecular weight is 376 g/mol. The topological polar surface area (TPSA) is 62.3 Å². The number of nitrogens with zero attached hydrogens (tertiary/aromatic N) is 2. The van der Waals surface area contributed by atoms with Gasteiger partial charge in [0.25, 0.3) is 0 Å². The van der Waals surface area contributed by atoms with Gasteiger partial charge in [-0.05, 0) is 24.1 Å². The summed E-state index contributed by atoms with van der Waals surface area (Å²) >= 11 is 3.15. The van der Waals surface area contributed by atoms with E-state index in [0.717, 1.165) is 15.2 Å². The van der Waals surface area contributed by atoms with Crippen LogP contribution in [0.4, 0.5) is 0 Å². The molecule has 1 aliphatic rings. The van der Waals surface area contributed by atoms with Crippen molar-refractivity contribution in [3.63, 3.8) is 0 Å². The second-order valence-electron chi connectivity index (χ2n) is 6.32. The number of benzene rings is 1. The van der Waals surface area contributed by atoms with Crippen LogP contribution in [0.15, 0.2) is 30.3 Å². The van der Waals surface area contributed by atoms with Crippen molar-refractivity contribution in [1.82, 2.24) is 15.2 Å². The van der Waals surface area contributed by atoms with Gasteiger partial charge in [-0.25, -0.2) is 4.98 Å². The fraction of sp³-hybridized carbons (Fsp3) is 0.389. The lowest BCUT2D eigenvalue weighted by atomic mass is 10.2. The third-order valence-electron chi connectivity index (χ3n) is 3.83. The van der Waals surface area contributed by atoms with E-state index < -0.39 is 6.04 Å². The Morgan fingerprint density at radius 2 is 2.20 bits per heavy atom. The van der Waals surface area contributed by atoms with E-state index in [1.165, 1.54) is 6.08 Å². The van der Waals surface area contributed by atoms with Crippen LogP contribution in [0.1, 0.15) is 18.9 Å². The summed E-state index contributed by atoms with van der Waals surface area (Å²) in [6.07, 6.45) is 3.26. The van der Waals surface area contributed by atoms with Gasteiger partial charge in [-0.2, -0.15) is 0 Å². The van der Waals surface area contributed by atoms with Crippen LogP contribution in [0, 0.1) is 5.92 Å². The summed E-state index contributed by atoms with van der Waals surface area (Å²) in [4.78, 5) is 30.9. The van der Waals surface area contributed by atoms with Crippen molar-refractivity contribution in [1.29, 1.82) is 0 Å². The van der Waals surface area contributed by atoms with Crippen molar-refractivity contribution in [2.75, 3.05) is 18.2 Å². The first-order chi connectivity index (χ1) is 12.0. The number of nitrogens with one attached hydrogen (secondary N) is 1. The molecule has 1 unspecified atom stereocenters. The summed E-state index contributed by atoms with van der Waals surface area (Å²) in [5.41, 5.74) is 0.933. The molecule has 0 saturated carbocycles. The summed E-state index contributed by atoms with van der Waals surface area (Å²) in [6.45, 7) is 4.73. The predicted octanol–water partition coefficient (Wildman–Crippen LogP) is 2.98. The average Bonchev–Trinajstić information content (AvgIpc) is 3.23. The van der Waals surface area contributed by atoms with Crippen molar-refractivity contribution >= 4 is 51.2 Å². The van der Waals surface area contributed by atoms with E-state index in [4.69, 9.17) is 0 Å². The maximum absolute atomic E-state index is 12.5. The Labute approximate surface area is 155 Å². The minimum absolute atomic E-state index is 0.0690. The Balaban J connectivity index is 1.65. The zero-order valence-electron chi connectivity index (χ0n) is 14.3. The number of fused-ring (bicyclic) bond motifs is 1. The Morgan fingerprint density at radius 1 is 1.40 bits per heavy atom. The zero-order valence-corrected chi connectivity index (χ0v) is 15.9. The van der Waals surface area contributed by atoms with E-state index in [0.29, 0.717) is 24.1 Å². The number of thiazole rings is 1. The van der Waals surface area contributed by atoms with Crippen molar-refractivity contribution in [2.45, 2.75) is 19.9 Å². The minimum Gasteiger partial charge on any atom is -0.354 e. The molecule has 2 heterocycles. The first kappa shape index (κ1) is 17.9. The van der Waals surface area contributed by atoms with E-state index in [1.807, 2.05) is 38.1 Å². The highest BCUT2D eigenvalue weighted by Gasteiger charge is 2.33. The number of hydrogen-bond donors (Lipinski definition) is 1. The molecule has 0 bridgehead atoms. The predicted molar refractivity (Wildman–Crippen MR) is 104 cm³/mol. The Morgan fingerprint density at radius 3 is 2.96 bits per heavy atom. The Kier molecular flexibility index (Phi) is 5.75. The van der Waals surface area contributed by atoms with Crippen LogP contribution in [0.25, 0.3) is 16.3 Å². The van der Waals surface area contributed by atoms with Crippen LogP contribution in [0.5, 0.6) is 0 Å². The smallest absolute Gasteiger partial charge is 0.248 e. The van der Waals surface area contributed by atoms with Crippen molar-refractivity contribution < 1.29 is 9.59 Å². The molecule has 7 heteroatoms. The summed E-state index contributed by atoms with van der Waals surface area (Å²) in [5, 5.41) is 3.71. The molecule has 1 atom stereocenters. The first-order valence-electron chi connectivity index (χ1n) is 8.24. The van der Waals surface area contributed by atoms with Crippen molar-refractivity contribution in [3.8, 4) is 0 Å².